The third kappa shape index (κ3) is 3.57. The first-order chi connectivity index (χ1) is 15.0. The second-order valence-electron chi connectivity index (χ2n) is 9.03. The minimum atomic E-state index is -0.926. The maximum atomic E-state index is 13.4. The zero-order valence-electron chi connectivity index (χ0n) is 17.6. The zero-order valence-corrected chi connectivity index (χ0v) is 17.6. The van der Waals surface area contributed by atoms with Crippen LogP contribution in [0.3, 0.4) is 0 Å². The van der Waals surface area contributed by atoms with Gasteiger partial charge in [0.05, 0.1) is 11.1 Å². The standard InChI is InChI=1S/C23H28N4O4/c28-19-8-7-18(21(29)25-19)27-22(30)17-6-1-3-14(20(17)23(27)31)13-26(15-4-2-5-15)16-9-11-24-12-10-16/h1,3,6,15-16,18,24H,2,4-5,7-13H2,(H,25,28,29). The number of fused-ring (bicyclic) bond motifs is 1. The van der Waals surface area contributed by atoms with E-state index in [9.17, 15) is 19.2 Å². The number of carbonyl (C=O) groups is 4. The highest BCUT2D eigenvalue weighted by molar-refractivity contribution is 6.24. The average molecular weight is 425 g/mol. The summed E-state index contributed by atoms with van der Waals surface area (Å²) in [5, 5.41) is 5.67. The Hall–Kier alpha value is -2.58. The molecule has 1 aromatic rings. The summed E-state index contributed by atoms with van der Waals surface area (Å²) >= 11 is 0. The van der Waals surface area contributed by atoms with Crippen LogP contribution in [0.25, 0.3) is 0 Å². The van der Waals surface area contributed by atoms with Gasteiger partial charge in [-0.15, -0.1) is 0 Å². The summed E-state index contributed by atoms with van der Waals surface area (Å²) in [7, 11) is 0. The highest BCUT2D eigenvalue weighted by atomic mass is 16.2. The quantitative estimate of drug-likeness (QED) is 0.689. The number of imide groups is 2. The first-order valence-corrected chi connectivity index (χ1v) is 11.3. The van der Waals surface area contributed by atoms with Crippen molar-refractivity contribution in [2.45, 2.75) is 69.6 Å². The number of benzene rings is 1. The maximum absolute atomic E-state index is 13.4. The number of hydrogen-bond donors (Lipinski definition) is 2. The second kappa shape index (κ2) is 8.16. The van der Waals surface area contributed by atoms with Gasteiger partial charge in [-0.25, -0.2) is 0 Å². The lowest BCUT2D eigenvalue weighted by Crippen LogP contribution is -2.54. The van der Waals surface area contributed by atoms with Gasteiger partial charge in [0.2, 0.25) is 11.8 Å². The largest absolute Gasteiger partial charge is 0.317 e. The van der Waals surface area contributed by atoms with Crippen LogP contribution in [0.2, 0.25) is 0 Å². The number of nitrogens with zero attached hydrogens (tertiary/aromatic N) is 2. The smallest absolute Gasteiger partial charge is 0.262 e. The van der Waals surface area contributed by atoms with Crippen LogP contribution in [0.15, 0.2) is 18.2 Å². The first-order valence-electron chi connectivity index (χ1n) is 11.3. The van der Waals surface area contributed by atoms with Crippen LogP contribution < -0.4 is 10.6 Å². The molecule has 4 amide bonds. The van der Waals surface area contributed by atoms with E-state index < -0.39 is 23.8 Å². The van der Waals surface area contributed by atoms with Crippen molar-refractivity contribution in [2.75, 3.05) is 13.1 Å². The van der Waals surface area contributed by atoms with E-state index in [-0.39, 0.29) is 18.7 Å². The Balaban J connectivity index is 1.43. The van der Waals surface area contributed by atoms with Crippen molar-refractivity contribution in [1.82, 2.24) is 20.4 Å². The molecule has 4 aliphatic rings. The first kappa shape index (κ1) is 20.3. The third-order valence-corrected chi connectivity index (χ3v) is 7.23. The van der Waals surface area contributed by atoms with Crippen molar-refractivity contribution in [3.63, 3.8) is 0 Å². The molecule has 1 aromatic carbocycles. The van der Waals surface area contributed by atoms with Crippen LogP contribution in [-0.4, -0.2) is 64.6 Å². The molecule has 8 heteroatoms. The topological polar surface area (TPSA) is 98.8 Å². The molecule has 0 bridgehead atoms. The SMILES string of the molecule is O=C1CCC(N2C(=O)c3cccc(CN(C4CCC4)C4CCNCC4)c3C2=O)C(=O)N1. The molecule has 1 aliphatic carbocycles. The summed E-state index contributed by atoms with van der Waals surface area (Å²) in [6, 6.07) is 5.51. The Morgan fingerprint density at radius 3 is 2.35 bits per heavy atom. The lowest BCUT2D eigenvalue weighted by Gasteiger charge is -2.44. The lowest BCUT2D eigenvalue weighted by atomic mass is 9.88. The van der Waals surface area contributed by atoms with Gasteiger partial charge in [0.1, 0.15) is 6.04 Å². The molecular weight excluding hydrogens is 396 g/mol. The molecule has 3 aliphatic heterocycles. The monoisotopic (exact) mass is 424 g/mol. The Labute approximate surface area is 181 Å². The van der Waals surface area contributed by atoms with Crippen molar-refractivity contribution < 1.29 is 19.2 Å². The minimum absolute atomic E-state index is 0.127. The van der Waals surface area contributed by atoms with Crippen LogP contribution in [0.1, 0.15) is 71.2 Å². The van der Waals surface area contributed by atoms with E-state index in [1.165, 1.54) is 19.3 Å². The van der Waals surface area contributed by atoms with E-state index in [0.717, 1.165) is 36.4 Å². The normalized spacial score (nSPS) is 25.1. The molecule has 3 heterocycles. The van der Waals surface area contributed by atoms with E-state index in [0.29, 0.717) is 29.8 Å². The Bertz CT molecular complexity index is 936. The zero-order chi connectivity index (χ0) is 21.5. The van der Waals surface area contributed by atoms with Crippen molar-refractivity contribution in [1.29, 1.82) is 0 Å². The van der Waals surface area contributed by atoms with Crippen LogP contribution in [0.5, 0.6) is 0 Å². The van der Waals surface area contributed by atoms with E-state index >= 15 is 0 Å². The summed E-state index contributed by atoms with van der Waals surface area (Å²) in [5.41, 5.74) is 1.65. The van der Waals surface area contributed by atoms with Crippen molar-refractivity contribution in [2.24, 2.45) is 0 Å². The lowest BCUT2D eigenvalue weighted by molar-refractivity contribution is -0.136. The molecule has 5 rings (SSSR count). The van der Waals surface area contributed by atoms with Crippen molar-refractivity contribution >= 4 is 23.6 Å². The van der Waals surface area contributed by atoms with Gasteiger partial charge in [-0.3, -0.25) is 34.3 Å². The van der Waals surface area contributed by atoms with Gasteiger partial charge in [0, 0.05) is 25.0 Å². The van der Waals surface area contributed by atoms with Crippen LogP contribution in [0.4, 0.5) is 0 Å². The summed E-state index contributed by atoms with van der Waals surface area (Å²) in [5.74, 6) is -1.79. The fraction of sp³-hybridized carbons (Fsp3) is 0.565. The molecule has 1 saturated carbocycles. The number of amides is 4. The Morgan fingerprint density at radius 2 is 1.68 bits per heavy atom. The molecule has 1 unspecified atom stereocenters. The fourth-order valence-electron chi connectivity index (χ4n) is 5.33. The molecule has 8 nitrogen and oxygen atoms in total. The molecular formula is C23H28N4O4. The third-order valence-electron chi connectivity index (χ3n) is 7.23. The molecule has 2 saturated heterocycles. The molecule has 164 valence electrons. The molecule has 0 aromatic heterocycles. The van der Waals surface area contributed by atoms with Gasteiger partial charge in [-0.05, 0) is 56.8 Å². The van der Waals surface area contributed by atoms with E-state index in [1.807, 2.05) is 12.1 Å². The Kier molecular flexibility index (Phi) is 5.35. The molecule has 3 fully saturated rings. The Morgan fingerprint density at radius 1 is 0.935 bits per heavy atom. The summed E-state index contributed by atoms with van der Waals surface area (Å²) in [6.07, 6.45) is 6.06. The molecule has 2 N–H and O–H groups in total. The van der Waals surface area contributed by atoms with Crippen LogP contribution in [0, 0.1) is 0 Å². The fourth-order valence-corrected chi connectivity index (χ4v) is 5.33. The number of rotatable bonds is 5. The predicted octanol–water partition coefficient (Wildman–Crippen LogP) is 1.19. The summed E-state index contributed by atoms with van der Waals surface area (Å²) < 4.78 is 0. The van der Waals surface area contributed by atoms with Gasteiger partial charge in [0.25, 0.3) is 11.8 Å². The molecule has 31 heavy (non-hydrogen) atoms. The van der Waals surface area contributed by atoms with Gasteiger partial charge >= 0.3 is 0 Å². The highest BCUT2D eigenvalue weighted by Gasteiger charge is 2.46. The minimum Gasteiger partial charge on any atom is -0.317 e. The van der Waals surface area contributed by atoms with Crippen molar-refractivity contribution in [3.8, 4) is 0 Å². The van der Waals surface area contributed by atoms with Crippen molar-refractivity contribution in [3.05, 3.63) is 34.9 Å². The molecule has 0 spiro atoms. The van der Waals surface area contributed by atoms with Gasteiger partial charge in [-0.1, -0.05) is 18.6 Å². The summed E-state index contributed by atoms with van der Waals surface area (Å²) in [4.78, 5) is 53.9. The van der Waals surface area contributed by atoms with Gasteiger partial charge < -0.3 is 5.32 Å². The predicted molar refractivity (Wildman–Crippen MR) is 112 cm³/mol. The van der Waals surface area contributed by atoms with E-state index in [4.69, 9.17) is 0 Å². The number of carbonyl (C=O) groups excluding carboxylic acids is 4. The average Bonchev–Trinajstić information content (AvgIpc) is 2.98. The van der Waals surface area contributed by atoms with Gasteiger partial charge in [0.15, 0.2) is 0 Å². The van der Waals surface area contributed by atoms with Crippen LogP contribution in [-0.2, 0) is 16.1 Å². The molecule has 1 atom stereocenters. The van der Waals surface area contributed by atoms with Gasteiger partial charge in [-0.2, -0.15) is 0 Å². The highest BCUT2D eigenvalue weighted by Crippen LogP contribution is 2.34. The number of hydrogen-bond acceptors (Lipinski definition) is 6. The maximum Gasteiger partial charge on any atom is 0.262 e. The number of nitrogens with one attached hydrogen (secondary N) is 2. The number of piperidine rings is 2. The molecule has 0 radical (unpaired) electrons. The summed E-state index contributed by atoms with van der Waals surface area (Å²) in [6.45, 7) is 2.64. The van der Waals surface area contributed by atoms with E-state index in [2.05, 4.69) is 15.5 Å². The van der Waals surface area contributed by atoms with Crippen LogP contribution >= 0.6 is 0 Å². The van der Waals surface area contributed by atoms with E-state index in [1.54, 1.807) is 6.07 Å². The second-order valence-corrected chi connectivity index (χ2v) is 9.03.